The van der Waals surface area contributed by atoms with Crippen molar-refractivity contribution >= 4 is 0 Å². The van der Waals surface area contributed by atoms with E-state index in [2.05, 4.69) is 19.2 Å². The van der Waals surface area contributed by atoms with E-state index in [1.165, 1.54) is 51.5 Å². The molecule has 1 fully saturated rings. The van der Waals surface area contributed by atoms with Gasteiger partial charge in [0.25, 0.3) is 0 Å². The Morgan fingerprint density at radius 2 is 1.92 bits per heavy atom. The quantitative estimate of drug-likeness (QED) is 0.608. The summed E-state index contributed by atoms with van der Waals surface area (Å²) in [6.45, 7) is 5.86. The lowest BCUT2D eigenvalue weighted by Crippen LogP contribution is -2.30. The molecule has 0 aromatic carbocycles. The van der Waals surface area contributed by atoms with Crippen LogP contribution in [-0.4, -0.2) is 12.6 Å². The van der Waals surface area contributed by atoms with Gasteiger partial charge >= 0.3 is 0 Å². The molecule has 1 rings (SSSR count). The molecule has 1 aliphatic rings. The molecule has 78 valence electrons. The van der Waals surface area contributed by atoms with E-state index in [1.807, 2.05) is 0 Å². The lowest BCUT2D eigenvalue weighted by atomic mass is 10.1. The SMILES string of the molecule is CCCCC(CCC)NCC1CC1. The highest BCUT2D eigenvalue weighted by Crippen LogP contribution is 2.28. The number of hydrogen-bond acceptors (Lipinski definition) is 1. The van der Waals surface area contributed by atoms with E-state index < -0.39 is 0 Å². The highest BCUT2D eigenvalue weighted by atomic mass is 14.9. The molecule has 13 heavy (non-hydrogen) atoms. The topological polar surface area (TPSA) is 12.0 Å². The zero-order valence-corrected chi connectivity index (χ0v) is 9.31. The summed E-state index contributed by atoms with van der Waals surface area (Å²) in [5.74, 6) is 1.03. The first-order valence-corrected chi connectivity index (χ1v) is 6.10. The van der Waals surface area contributed by atoms with E-state index in [4.69, 9.17) is 0 Å². The number of unbranched alkanes of at least 4 members (excludes halogenated alkanes) is 1. The Kier molecular flexibility index (Phi) is 5.45. The Labute approximate surface area is 83.3 Å². The second-order valence-corrected chi connectivity index (χ2v) is 4.48. The first kappa shape index (κ1) is 11.0. The third-order valence-electron chi connectivity index (χ3n) is 2.94. The summed E-state index contributed by atoms with van der Waals surface area (Å²) >= 11 is 0. The van der Waals surface area contributed by atoms with Crippen LogP contribution in [0.5, 0.6) is 0 Å². The molecule has 1 aliphatic carbocycles. The molecule has 1 atom stereocenters. The Morgan fingerprint density at radius 3 is 2.46 bits per heavy atom. The van der Waals surface area contributed by atoms with Crippen molar-refractivity contribution in [1.29, 1.82) is 0 Å². The van der Waals surface area contributed by atoms with Gasteiger partial charge in [0.2, 0.25) is 0 Å². The fourth-order valence-corrected chi connectivity index (χ4v) is 1.80. The lowest BCUT2D eigenvalue weighted by molar-refractivity contribution is 0.427. The molecule has 1 saturated carbocycles. The van der Waals surface area contributed by atoms with Crippen LogP contribution in [0.25, 0.3) is 0 Å². The Bertz CT molecular complexity index is 118. The first-order valence-electron chi connectivity index (χ1n) is 6.10. The lowest BCUT2D eigenvalue weighted by Gasteiger charge is -2.17. The van der Waals surface area contributed by atoms with Gasteiger partial charge in [-0.3, -0.25) is 0 Å². The molecular weight excluding hydrogens is 158 g/mol. The van der Waals surface area contributed by atoms with Gasteiger partial charge in [-0.15, -0.1) is 0 Å². The predicted molar refractivity (Wildman–Crippen MR) is 58.9 cm³/mol. The fourth-order valence-electron chi connectivity index (χ4n) is 1.80. The van der Waals surface area contributed by atoms with Crippen LogP contribution in [0, 0.1) is 5.92 Å². The second kappa shape index (κ2) is 6.42. The van der Waals surface area contributed by atoms with Crippen molar-refractivity contribution in [1.82, 2.24) is 5.32 Å². The smallest absolute Gasteiger partial charge is 0.00670 e. The maximum absolute atomic E-state index is 3.72. The van der Waals surface area contributed by atoms with Crippen molar-refractivity contribution in [3.8, 4) is 0 Å². The van der Waals surface area contributed by atoms with Gasteiger partial charge in [0.05, 0.1) is 0 Å². The summed E-state index contributed by atoms with van der Waals surface area (Å²) in [6, 6.07) is 0.811. The fraction of sp³-hybridized carbons (Fsp3) is 1.00. The van der Waals surface area contributed by atoms with Gasteiger partial charge in [-0.25, -0.2) is 0 Å². The van der Waals surface area contributed by atoms with Crippen LogP contribution in [0.15, 0.2) is 0 Å². The predicted octanol–water partition coefficient (Wildman–Crippen LogP) is 3.34. The van der Waals surface area contributed by atoms with Crippen molar-refractivity contribution in [3.05, 3.63) is 0 Å². The van der Waals surface area contributed by atoms with Gasteiger partial charge in [0.15, 0.2) is 0 Å². The van der Waals surface area contributed by atoms with Crippen molar-refractivity contribution in [2.75, 3.05) is 6.54 Å². The van der Waals surface area contributed by atoms with Gasteiger partial charge in [0.1, 0.15) is 0 Å². The van der Waals surface area contributed by atoms with Crippen LogP contribution in [0.2, 0.25) is 0 Å². The summed E-state index contributed by atoms with van der Waals surface area (Å²) in [4.78, 5) is 0. The zero-order valence-electron chi connectivity index (χ0n) is 9.31. The van der Waals surface area contributed by atoms with Crippen LogP contribution >= 0.6 is 0 Å². The van der Waals surface area contributed by atoms with E-state index in [-0.39, 0.29) is 0 Å². The van der Waals surface area contributed by atoms with Crippen LogP contribution in [-0.2, 0) is 0 Å². The van der Waals surface area contributed by atoms with Gasteiger partial charge in [-0.2, -0.15) is 0 Å². The van der Waals surface area contributed by atoms with Crippen molar-refractivity contribution in [3.63, 3.8) is 0 Å². The molecule has 0 bridgehead atoms. The highest BCUT2D eigenvalue weighted by molar-refractivity contribution is 4.78. The Balaban J connectivity index is 2.03. The minimum atomic E-state index is 0.811. The van der Waals surface area contributed by atoms with E-state index >= 15 is 0 Å². The van der Waals surface area contributed by atoms with E-state index in [0.717, 1.165) is 12.0 Å². The van der Waals surface area contributed by atoms with Crippen LogP contribution in [0.1, 0.15) is 58.8 Å². The number of hydrogen-bond donors (Lipinski definition) is 1. The van der Waals surface area contributed by atoms with Gasteiger partial charge in [-0.1, -0.05) is 33.1 Å². The van der Waals surface area contributed by atoms with Crippen molar-refractivity contribution < 1.29 is 0 Å². The van der Waals surface area contributed by atoms with Gasteiger partial charge in [0, 0.05) is 6.04 Å². The van der Waals surface area contributed by atoms with Crippen LogP contribution in [0.4, 0.5) is 0 Å². The molecule has 0 amide bonds. The van der Waals surface area contributed by atoms with Crippen LogP contribution in [0.3, 0.4) is 0 Å². The minimum absolute atomic E-state index is 0.811. The largest absolute Gasteiger partial charge is 0.314 e. The third-order valence-corrected chi connectivity index (χ3v) is 2.94. The molecule has 0 heterocycles. The Hall–Kier alpha value is -0.0400. The molecular formula is C12H25N. The van der Waals surface area contributed by atoms with Gasteiger partial charge < -0.3 is 5.32 Å². The number of rotatable bonds is 8. The summed E-state index contributed by atoms with van der Waals surface area (Å²) in [5, 5.41) is 3.72. The summed E-state index contributed by atoms with van der Waals surface area (Å²) in [5.41, 5.74) is 0. The molecule has 0 aromatic heterocycles. The highest BCUT2D eigenvalue weighted by Gasteiger charge is 2.21. The molecule has 0 aromatic rings. The molecule has 1 nitrogen and oxygen atoms in total. The maximum Gasteiger partial charge on any atom is 0.00670 e. The average molecular weight is 183 g/mol. The first-order chi connectivity index (χ1) is 6.36. The normalized spacial score (nSPS) is 18.9. The average Bonchev–Trinajstić information content (AvgIpc) is 2.93. The molecule has 0 radical (unpaired) electrons. The van der Waals surface area contributed by atoms with Crippen LogP contribution < -0.4 is 5.32 Å². The molecule has 0 saturated heterocycles. The van der Waals surface area contributed by atoms with Crippen molar-refractivity contribution in [2.24, 2.45) is 5.92 Å². The number of nitrogens with one attached hydrogen (secondary N) is 1. The molecule has 0 aliphatic heterocycles. The standard InChI is InChI=1S/C12H25N/c1-3-5-7-12(6-4-2)13-10-11-8-9-11/h11-13H,3-10H2,1-2H3. The van der Waals surface area contributed by atoms with E-state index in [1.54, 1.807) is 0 Å². The molecule has 1 heteroatoms. The van der Waals surface area contributed by atoms with E-state index in [0.29, 0.717) is 0 Å². The van der Waals surface area contributed by atoms with Crippen molar-refractivity contribution in [2.45, 2.75) is 64.8 Å². The molecule has 1 unspecified atom stereocenters. The zero-order chi connectivity index (χ0) is 9.52. The van der Waals surface area contributed by atoms with E-state index in [9.17, 15) is 0 Å². The second-order valence-electron chi connectivity index (χ2n) is 4.48. The third kappa shape index (κ3) is 5.30. The summed E-state index contributed by atoms with van der Waals surface area (Å²) in [7, 11) is 0. The molecule has 0 spiro atoms. The Morgan fingerprint density at radius 1 is 1.15 bits per heavy atom. The monoisotopic (exact) mass is 183 g/mol. The summed E-state index contributed by atoms with van der Waals surface area (Å²) < 4.78 is 0. The summed E-state index contributed by atoms with van der Waals surface area (Å²) in [6.07, 6.45) is 9.75. The van der Waals surface area contributed by atoms with Gasteiger partial charge in [-0.05, 0) is 38.1 Å². The molecule has 1 N–H and O–H groups in total. The minimum Gasteiger partial charge on any atom is -0.314 e. The maximum atomic E-state index is 3.72.